The highest BCUT2D eigenvalue weighted by atomic mass is 16.7. The molecule has 0 spiro atoms. The third kappa shape index (κ3) is 4.45. The molecule has 1 heterocycles. The van der Waals surface area contributed by atoms with Crippen LogP contribution in [0.25, 0.3) is 0 Å². The Kier molecular flexibility index (Phi) is 5.88. The van der Waals surface area contributed by atoms with Gasteiger partial charge in [-0.15, -0.1) is 0 Å². The van der Waals surface area contributed by atoms with Gasteiger partial charge in [0.2, 0.25) is 0 Å². The van der Waals surface area contributed by atoms with Gasteiger partial charge in [-0.1, -0.05) is 12.1 Å². The maximum Gasteiger partial charge on any atom is 0.337 e. The second kappa shape index (κ2) is 7.77. The quantitative estimate of drug-likeness (QED) is 0.419. The lowest BCUT2D eigenvalue weighted by Gasteiger charge is -2.39. The molecular formula is C19H22O8. The highest BCUT2D eigenvalue weighted by Crippen LogP contribution is 2.38. The van der Waals surface area contributed by atoms with Crippen LogP contribution in [0.3, 0.4) is 0 Å². The second-order valence-electron chi connectivity index (χ2n) is 6.61. The number of hydrogen-bond donors (Lipinski definition) is 0. The summed E-state index contributed by atoms with van der Waals surface area (Å²) in [6.45, 7) is 4.57. The van der Waals surface area contributed by atoms with Crippen LogP contribution < -0.4 is 0 Å². The molecule has 1 fully saturated rings. The van der Waals surface area contributed by atoms with Crippen LogP contribution in [0, 0.1) is 5.41 Å². The maximum atomic E-state index is 12.7. The lowest BCUT2D eigenvalue weighted by Crippen LogP contribution is -2.55. The number of methoxy groups -OCH3 is 1. The second-order valence-corrected chi connectivity index (χ2v) is 6.61. The van der Waals surface area contributed by atoms with Crippen molar-refractivity contribution >= 4 is 23.9 Å². The van der Waals surface area contributed by atoms with Crippen molar-refractivity contribution in [2.24, 2.45) is 5.41 Å². The smallest absolute Gasteiger partial charge is 0.337 e. The predicted octanol–water partition coefficient (Wildman–Crippen LogP) is 1.79. The first kappa shape index (κ1) is 20.4. The van der Waals surface area contributed by atoms with E-state index in [4.69, 9.17) is 14.2 Å². The number of esters is 4. The van der Waals surface area contributed by atoms with Gasteiger partial charge in [0, 0.05) is 13.8 Å². The number of cyclic esters (lactones) is 2. The Morgan fingerprint density at radius 2 is 1.74 bits per heavy atom. The summed E-state index contributed by atoms with van der Waals surface area (Å²) in [4.78, 5) is 49.3. The largest absolute Gasteiger partial charge is 0.466 e. The number of carbonyl (C=O) groups excluding carboxylic acids is 4. The van der Waals surface area contributed by atoms with Crippen molar-refractivity contribution in [3.63, 3.8) is 0 Å². The van der Waals surface area contributed by atoms with Crippen LogP contribution in [0.2, 0.25) is 0 Å². The normalized spacial score (nSPS) is 17.5. The summed E-state index contributed by atoms with van der Waals surface area (Å²) < 4.78 is 20.0. The minimum atomic E-state index is -1.89. The summed E-state index contributed by atoms with van der Waals surface area (Å²) in [5, 5.41) is 0. The first-order valence-electron chi connectivity index (χ1n) is 8.43. The van der Waals surface area contributed by atoms with E-state index in [2.05, 4.69) is 4.74 Å². The lowest BCUT2D eigenvalue weighted by atomic mass is 9.77. The van der Waals surface area contributed by atoms with Gasteiger partial charge < -0.3 is 18.9 Å². The summed E-state index contributed by atoms with van der Waals surface area (Å²) in [7, 11) is 1.25. The monoisotopic (exact) mass is 378 g/mol. The van der Waals surface area contributed by atoms with E-state index in [0.717, 1.165) is 0 Å². The predicted molar refractivity (Wildman–Crippen MR) is 91.4 cm³/mol. The minimum Gasteiger partial charge on any atom is -0.466 e. The molecule has 0 unspecified atom stereocenters. The van der Waals surface area contributed by atoms with E-state index >= 15 is 0 Å². The topological polar surface area (TPSA) is 105 Å². The summed E-state index contributed by atoms with van der Waals surface area (Å²) in [6.07, 6.45) is -0.721. The summed E-state index contributed by atoms with van der Waals surface area (Å²) >= 11 is 0. The van der Waals surface area contributed by atoms with Gasteiger partial charge in [0.25, 0.3) is 5.79 Å². The van der Waals surface area contributed by atoms with Crippen LogP contribution in [-0.2, 0) is 39.8 Å². The Morgan fingerprint density at radius 3 is 2.30 bits per heavy atom. The van der Waals surface area contributed by atoms with Gasteiger partial charge >= 0.3 is 23.9 Å². The first-order valence-corrected chi connectivity index (χ1v) is 8.43. The molecule has 1 aromatic rings. The zero-order valence-electron chi connectivity index (χ0n) is 15.7. The van der Waals surface area contributed by atoms with Crippen LogP contribution in [-0.4, -0.2) is 43.4 Å². The number of ether oxygens (including phenoxy) is 4. The van der Waals surface area contributed by atoms with E-state index in [9.17, 15) is 19.2 Å². The van der Waals surface area contributed by atoms with E-state index in [1.165, 1.54) is 33.1 Å². The third-order valence-electron chi connectivity index (χ3n) is 4.06. The average molecular weight is 378 g/mol. The molecule has 8 heteroatoms. The Bertz CT molecular complexity index is 745. The number of carbonyl (C=O) groups is 4. The first-order chi connectivity index (χ1) is 12.6. The zero-order valence-corrected chi connectivity index (χ0v) is 15.7. The average Bonchev–Trinajstić information content (AvgIpc) is 2.58. The van der Waals surface area contributed by atoms with Gasteiger partial charge in [-0.05, 0) is 31.0 Å². The molecular weight excluding hydrogens is 356 g/mol. The van der Waals surface area contributed by atoms with Crippen LogP contribution >= 0.6 is 0 Å². The molecule has 0 aromatic heterocycles. The van der Waals surface area contributed by atoms with Crippen molar-refractivity contribution in [3.05, 3.63) is 35.4 Å². The Balaban J connectivity index is 2.42. The van der Waals surface area contributed by atoms with Gasteiger partial charge in [-0.2, -0.15) is 0 Å². The SMILES string of the molecule is CCOC(=O)CC1(Cc2cccc(C(=O)OC)c2)C(=O)OC(C)(C)OC1=O. The fourth-order valence-electron chi connectivity index (χ4n) is 2.83. The molecule has 2 rings (SSSR count). The Labute approximate surface area is 156 Å². The van der Waals surface area contributed by atoms with Gasteiger partial charge in [0.05, 0.1) is 25.7 Å². The van der Waals surface area contributed by atoms with Gasteiger partial charge in [0.15, 0.2) is 5.41 Å². The number of benzene rings is 1. The van der Waals surface area contributed by atoms with Crippen LogP contribution in [0.15, 0.2) is 24.3 Å². The van der Waals surface area contributed by atoms with Crippen molar-refractivity contribution in [3.8, 4) is 0 Å². The third-order valence-corrected chi connectivity index (χ3v) is 4.06. The molecule has 27 heavy (non-hydrogen) atoms. The summed E-state index contributed by atoms with van der Waals surface area (Å²) in [6, 6.07) is 6.23. The van der Waals surface area contributed by atoms with Gasteiger partial charge in [-0.25, -0.2) is 4.79 Å². The molecule has 8 nitrogen and oxygen atoms in total. The molecule has 0 saturated carbocycles. The van der Waals surface area contributed by atoms with E-state index in [-0.39, 0.29) is 18.6 Å². The number of rotatable bonds is 6. The van der Waals surface area contributed by atoms with Gasteiger partial charge in [-0.3, -0.25) is 14.4 Å². The summed E-state index contributed by atoms with van der Waals surface area (Å²) in [5.41, 5.74) is -1.17. The fraction of sp³-hybridized carbons (Fsp3) is 0.474. The number of hydrogen-bond acceptors (Lipinski definition) is 8. The molecule has 146 valence electrons. The molecule has 1 aliphatic rings. The maximum absolute atomic E-state index is 12.7. The van der Waals surface area contributed by atoms with Gasteiger partial charge in [0.1, 0.15) is 0 Å². The fourth-order valence-corrected chi connectivity index (χ4v) is 2.83. The highest BCUT2D eigenvalue weighted by Gasteiger charge is 2.57. The molecule has 0 N–H and O–H groups in total. The van der Waals surface area contributed by atoms with Crippen molar-refractivity contribution in [2.75, 3.05) is 13.7 Å². The van der Waals surface area contributed by atoms with Crippen LogP contribution in [0.5, 0.6) is 0 Å². The molecule has 1 aliphatic heterocycles. The zero-order chi connectivity index (χ0) is 20.2. The van der Waals surface area contributed by atoms with E-state index < -0.39 is 41.5 Å². The van der Waals surface area contributed by atoms with E-state index in [1.807, 2.05) is 0 Å². The standard InChI is InChI=1S/C19H22O8/c1-5-25-14(20)11-19(16(22)26-18(2,3)27-17(19)23)10-12-7-6-8-13(9-12)15(21)24-4/h6-9H,5,10-11H2,1-4H3. The Morgan fingerprint density at radius 1 is 1.11 bits per heavy atom. The molecule has 0 amide bonds. The van der Waals surface area contributed by atoms with Crippen LogP contribution in [0.4, 0.5) is 0 Å². The molecule has 1 saturated heterocycles. The van der Waals surface area contributed by atoms with Crippen molar-refractivity contribution in [2.45, 2.75) is 39.4 Å². The molecule has 0 aliphatic carbocycles. The van der Waals surface area contributed by atoms with Crippen molar-refractivity contribution < 1.29 is 38.1 Å². The van der Waals surface area contributed by atoms with Crippen LogP contribution in [0.1, 0.15) is 43.1 Å². The molecule has 0 bridgehead atoms. The Hall–Kier alpha value is -2.90. The van der Waals surface area contributed by atoms with E-state index in [1.54, 1.807) is 19.1 Å². The highest BCUT2D eigenvalue weighted by molar-refractivity contribution is 6.04. The minimum absolute atomic E-state index is 0.0995. The van der Waals surface area contributed by atoms with E-state index in [0.29, 0.717) is 5.56 Å². The molecule has 0 atom stereocenters. The lowest BCUT2D eigenvalue weighted by molar-refractivity contribution is -0.252. The van der Waals surface area contributed by atoms with Crippen molar-refractivity contribution in [1.82, 2.24) is 0 Å². The summed E-state index contributed by atoms with van der Waals surface area (Å²) in [5.74, 6) is -4.47. The van der Waals surface area contributed by atoms with Crippen molar-refractivity contribution in [1.29, 1.82) is 0 Å². The molecule has 0 radical (unpaired) electrons. The molecule has 1 aromatic carbocycles.